The second-order valence-electron chi connectivity index (χ2n) is 7.14. The predicted molar refractivity (Wildman–Crippen MR) is 117 cm³/mol. The minimum Gasteiger partial charge on any atom is -0.463 e. The number of esters is 1. The van der Waals surface area contributed by atoms with Gasteiger partial charge in [0.1, 0.15) is 0 Å². The molecule has 0 aliphatic carbocycles. The maximum Gasteiger partial charge on any atom is 0.338 e. The molecule has 0 spiro atoms. The van der Waals surface area contributed by atoms with E-state index in [-0.39, 0.29) is 25.6 Å². The lowest BCUT2D eigenvalue weighted by molar-refractivity contribution is -0.139. The lowest BCUT2D eigenvalue weighted by atomic mass is 9.95. The van der Waals surface area contributed by atoms with Crippen molar-refractivity contribution in [2.24, 2.45) is 0 Å². The van der Waals surface area contributed by atoms with Gasteiger partial charge in [0.2, 0.25) is 5.91 Å². The van der Waals surface area contributed by atoms with E-state index in [2.05, 4.69) is 16.0 Å². The Hall–Kier alpha value is -3.65. The summed E-state index contributed by atoms with van der Waals surface area (Å²) < 4.78 is 5.25. The standard InChI is InChI=1S/C23H26N4O4/c1-3-31-22(29)20-18(25-23(30)26-21(20)16-10-6-4-7-11-16)14-27(2)15-19(28)24-17-12-8-5-9-13-17/h4-13,21H,3,14-15H2,1-2H3,(H,24,28)(H2,25,26,30). The van der Waals surface area contributed by atoms with E-state index >= 15 is 0 Å². The van der Waals surface area contributed by atoms with Gasteiger partial charge in [0.25, 0.3) is 0 Å². The fourth-order valence-electron chi connectivity index (χ4n) is 3.38. The molecule has 0 fully saturated rings. The van der Waals surface area contributed by atoms with Gasteiger partial charge in [0.05, 0.1) is 24.8 Å². The van der Waals surface area contributed by atoms with E-state index in [0.29, 0.717) is 17.0 Å². The van der Waals surface area contributed by atoms with Gasteiger partial charge in [-0.3, -0.25) is 9.69 Å². The number of rotatable bonds is 8. The van der Waals surface area contributed by atoms with Gasteiger partial charge in [-0.2, -0.15) is 0 Å². The van der Waals surface area contributed by atoms with Crippen molar-refractivity contribution in [2.75, 3.05) is 32.1 Å². The van der Waals surface area contributed by atoms with Crippen LogP contribution >= 0.6 is 0 Å². The van der Waals surface area contributed by atoms with Crippen LogP contribution in [0.4, 0.5) is 10.5 Å². The Kier molecular flexibility index (Phi) is 7.40. The van der Waals surface area contributed by atoms with E-state index in [1.54, 1.807) is 31.0 Å². The number of anilines is 1. The Morgan fingerprint density at radius 1 is 1.06 bits per heavy atom. The van der Waals surface area contributed by atoms with Crippen LogP contribution in [0.5, 0.6) is 0 Å². The van der Waals surface area contributed by atoms with Crippen LogP contribution < -0.4 is 16.0 Å². The van der Waals surface area contributed by atoms with E-state index in [4.69, 9.17) is 4.74 Å². The van der Waals surface area contributed by atoms with Crippen LogP contribution in [0, 0.1) is 0 Å². The molecular weight excluding hydrogens is 396 g/mol. The summed E-state index contributed by atoms with van der Waals surface area (Å²) in [5, 5.41) is 8.33. The monoisotopic (exact) mass is 422 g/mol. The van der Waals surface area contributed by atoms with Crippen LogP contribution in [0.1, 0.15) is 18.5 Å². The van der Waals surface area contributed by atoms with Crippen LogP contribution in [0.15, 0.2) is 71.9 Å². The molecule has 0 saturated heterocycles. The molecule has 3 N–H and O–H groups in total. The zero-order chi connectivity index (χ0) is 22.2. The van der Waals surface area contributed by atoms with Gasteiger partial charge < -0.3 is 20.7 Å². The second kappa shape index (κ2) is 10.4. The minimum atomic E-state index is -0.643. The first kappa shape index (κ1) is 22.0. The molecule has 1 aliphatic heterocycles. The molecule has 1 atom stereocenters. The van der Waals surface area contributed by atoms with E-state index < -0.39 is 18.0 Å². The van der Waals surface area contributed by atoms with Gasteiger partial charge in [-0.1, -0.05) is 48.5 Å². The Morgan fingerprint density at radius 2 is 1.71 bits per heavy atom. The first-order valence-electron chi connectivity index (χ1n) is 10.0. The maximum atomic E-state index is 12.8. The molecule has 8 nitrogen and oxygen atoms in total. The molecule has 0 radical (unpaired) electrons. The number of likely N-dealkylation sites (N-methyl/N-ethyl adjacent to an activating group) is 1. The van der Waals surface area contributed by atoms with E-state index in [9.17, 15) is 14.4 Å². The summed E-state index contributed by atoms with van der Waals surface area (Å²) in [5.74, 6) is -0.715. The largest absolute Gasteiger partial charge is 0.463 e. The van der Waals surface area contributed by atoms with E-state index in [1.807, 2.05) is 48.5 Å². The van der Waals surface area contributed by atoms with Crippen molar-refractivity contribution in [1.29, 1.82) is 0 Å². The highest BCUT2D eigenvalue weighted by Crippen LogP contribution is 2.28. The number of nitrogens with zero attached hydrogens (tertiary/aromatic N) is 1. The lowest BCUT2D eigenvalue weighted by Gasteiger charge is -2.31. The van der Waals surface area contributed by atoms with Crippen LogP contribution in [-0.2, 0) is 14.3 Å². The number of amides is 3. The third-order valence-corrected chi connectivity index (χ3v) is 4.68. The highest BCUT2D eigenvalue weighted by atomic mass is 16.5. The molecule has 2 aromatic carbocycles. The zero-order valence-corrected chi connectivity index (χ0v) is 17.6. The average molecular weight is 422 g/mol. The molecule has 162 valence electrons. The topological polar surface area (TPSA) is 99.8 Å². The average Bonchev–Trinajstić information content (AvgIpc) is 2.74. The molecule has 0 aromatic heterocycles. The molecule has 0 bridgehead atoms. The fraction of sp³-hybridized carbons (Fsp3) is 0.261. The molecule has 1 heterocycles. The summed E-state index contributed by atoms with van der Waals surface area (Å²) in [6, 6.07) is 17.3. The fourth-order valence-corrected chi connectivity index (χ4v) is 3.38. The number of benzene rings is 2. The zero-order valence-electron chi connectivity index (χ0n) is 17.6. The summed E-state index contributed by atoms with van der Waals surface area (Å²) in [6.07, 6.45) is 0. The Balaban J connectivity index is 1.81. The highest BCUT2D eigenvalue weighted by Gasteiger charge is 2.34. The van der Waals surface area contributed by atoms with Crippen LogP contribution in [-0.4, -0.2) is 49.6 Å². The molecule has 1 aliphatic rings. The summed E-state index contributed by atoms with van der Waals surface area (Å²) in [4.78, 5) is 39.2. The van der Waals surface area contributed by atoms with Crippen molar-refractivity contribution in [1.82, 2.24) is 15.5 Å². The summed E-state index contributed by atoms with van der Waals surface area (Å²) in [7, 11) is 1.74. The molecular formula is C23H26N4O4. The Labute approximate surface area is 181 Å². The van der Waals surface area contributed by atoms with Crippen LogP contribution in [0.3, 0.4) is 0 Å². The van der Waals surface area contributed by atoms with Crippen molar-refractivity contribution in [3.63, 3.8) is 0 Å². The van der Waals surface area contributed by atoms with Crippen molar-refractivity contribution >= 4 is 23.6 Å². The predicted octanol–water partition coefficient (Wildman–Crippen LogP) is 2.43. The maximum absolute atomic E-state index is 12.8. The van der Waals surface area contributed by atoms with Crippen LogP contribution in [0.25, 0.3) is 0 Å². The normalized spacial score (nSPS) is 15.8. The Bertz CT molecular complexity index is 960. The van der Waals surface area contributed by atoms with Crippen LogP contribution in [0.2, 0.25) is 0 Å². The smallest absolute Gasteiger partial charge is 0.338 e. The lowest BCUT2D eigenvalue weighted by Crippen LogP contribution is -2.48. The summed E-state index contributed by atoms with van der Waals surface area (Å²) in [6.45, 7) is 2.20. The first-order valence-corrected chi connectivity index (χ1v) is 10.0. The third-order valence-electron chi connectivity index (χ3n) is 4.68. The molecule has 1 unspecified atom stereocenters. The van der Waals surface area contributed by atoms with Crippen molar-refractivity contribution < 1.29 is 19.1 Å². The first-order chi connectivity index (χ1) is 15.0. The summed E-state index contributed by atoms with van der Waals surface area (Å²) in [5.41, 5.74) is 2.20. The molecule has 31 heavy (non-hydrogen) atoms. The number of nitrogens with one attached hydrogen (secondary N) is 3. The van der Waals surface area contributed by atoms with Crippen molar-refractivity contribution in [3.8, 4) is 0 Å². The number of carbonyl (C=O) groups excluding carboxylic acids is 3. The van der Waals surface area contributed by atoms with Gasteiger partial charge in [0.15, 0.2) is 0 Å². The van der Waals surface area contributed by atoms with E-state index in [1.165, 1.54) is 0 Å². The number of ether oxygens (including phenoxy) is 1. The minimum absolute atomic E-state index is 0.0772. The highest BCUT2D eigenvalue weighted by molar-refractivity contribution is 5.95. The SMILES string of the molecule is CCOC(=O)C1=C(CN(C)CC(=O)Nc2ccccc2)NC(=O)NC1c1ccccc1. The number of carbonyl (C=O) groups is 3. The van der Waals surface area contributed by atoms with Gasteiger partial charge in [0, 0.05) is 17.9 Å². The number of urea groups is 1. The van der Waals surface area contributed by atoms with Gasteiger partial charge in [-0.15, -0.1) is 0 Å². The van der Waals surface area contributed by atoms with Gasteiger partial charge in [-0.05, 0) is 31.7 Å². The second-order valence-corrected chi connectivity index (χ2v) is 7.14. The van der Waals surface area contributed by atoms with Crippen molar-refractivity contribution in [3.05, 3.63) is 77.5 Å². The molecule has 0 saturated carbocycles. The number of hydrogen-bond donors (Lipinski definition) is 3. The number of para-hydroxylation sites is 1. The third kappa shape index (κ3) is 5.93. The molecule has 3 amide bonds. The molecule has 8 heteroatoms. The van der Waals surface area contributed by atoms with Gasteiger partial charge in [-0.25, -0.2) is 9.59 Å². The molecule has 3 rings (SSSR count). The summed E-state index contributed by atoms with van der Waals surface area (Å²) >= 11 is 0. The quantitative estimate of drug-likeness (QED) is 0.568. The molecule has 2 aromatic rings. The Morgan fingerprint density at radius 3 is 2.35 bits per heavy atom. The van der Waals surface area contributed by atoms with Gasteiger partial charge >= 0.3 is 12.0 Å². The van der Waals surface area contributed by atoms with E-state index in [0.717, 1.165) is 5.56 Å². The van der Waals surface area contributed by atoms with Crippen molar-refractivity contribution in [2.45, 2.75) is 13.0 Å². The number of hydrogen-bond acceptors (Lipinski definition) is 5.